The molecule has 0 N–H and O–H groups in total. The Morgan fingerprint density at radius 1 is 1.73 bits per heavy atom. The third kappa shape index (κ3) is 1.45. The predicted molar refractivity (Wildman–Crippen MR) is 44.5 cm³/mol. The molecular formula is C7H8BrNO2. The first-order chi connectivity index (χ1) is 5.16. The van der Waals surface area contributed by atoms with Gasteiger partial charge in [0.1, 0.15) is 5.69 Å². The van der Waals surface area contributed by atoms with Crippen LogP contribution in [0.5, 0.6) is 0 Å². The normalized spacial score (nSPS) is 9.73. The van der Waals surface area contributed by atoms with Crippen LogP contribution in [0.3, 0.4) is 0 Å². The van der Waals surface area contributed by atoms with Gasteiger partial charge >= 0.3 is 5.97 Å². The lowest BCUT2D eigenvalue weighted by Crippen LogP contribution is -2.07. The molecule has 0 aliphatic carbocycles. The summed E-state index contributed by atoms with van der Waals surface area (Å²) in [7, 11) is 3.15. The molecule has 0 bridgehead atoms. The summed E-state index contributed by atoms with van der Waals surface area (Å²) in [5, 5.41) is 0. The Hall–Kier alpha value is -0.770. The first-order valence-corrected chi connectivity index (χ1v) is 3.85. The van der Waals surface area contributed by atoms with Crippen molar-refractivity contribution in [3.8, 4) is 0 Å². The summed E-state index contributed by atoms with van der Waals surface area (Å²) in [5.41, 5.74) is 0.535. The van der Waals surface area contributed by atoms with E-state index < -0.39 is 0 Å². The van der Waals surface area contributed by atoms with Gasteiger partial charge in [-0.2, -0.15) is 0 Å². The highest BCUT2D eigenvalue weighted by Crippen LogP contribution is 2.17. The van der Waals surface area contributed by atoms with E-state index in [-0.39, 0.29) is 5.97 Å². The van der Waals surface area contributed by atoms with Crippen LogP contribution in [-0.2, 0) is 11.8 Å². The van der Waals surface area contributed by atoms with Gasteiger partial charge in [0.25, 0.3) is 0 Å². The van der Waals surface area contributed by atoms with Crippen LogP contribution in [0.15, 0.2) is 16.7 Å². The maximum Gasteiger partial charge on any atom is 0.355 e. The van der Waals surface area contributed by atoms with Gasteiger partial charge in [0.15, 0.2) is 0 Å². The van der Waals surface area contributed by atoms with Crippen molar-refractivity contribution in [2.24, 2.45) is 7.05 Å². The fraction of sp³-hybridized carbons (Fsp3) is 0.286. The molecule has 0 radical (unpaired) electrons. The lowest BCUT2D eigenvalue weighted by Gasteiger charge is -2.00. The molecule has 0 fully saturated rings. The van der Waals surface area contributed by atoms with Crippen LogP contribution in [0.4, 0.5) is 0 Å². The minimum atomic E-state index is -0.329. The Kier molecular flexibility index (Phi) is 2.34. The van der Waals surface area contributed by atoms with Gasteiger partial charge in [-0.05, 0) is 22.0 Å². The number of hydrogen-bond acceptors (Lipinski definition) is 2. The average molecular weight is 218 g/mol. The Bertz CT molecular complexity index is 260. The zero-order chi connectivity index (χ0) is 8.43. The fourth-order valence-corrected chi connectivity index (χ4v) is 1.40. The molecule has 0 aliphatic rings. The van der Waals surface area contributed by atoms with E-state index in [0.29, 0.717) is 5.69 Å². The number of carbonyl (C=O) groups is 1. The summed E-state index contributed by atoms with van der Waals surface area (Å²) in [4.78, 5) is 11.0. The second kappa shape index (κ2) is 3.09. The van der Waals surface area contributed by atoms with Crippen molar-refractivity contribution in [2.45, 2.75) is 0 Å². The average Bonchev–Trinajstić information content (AvgIpc) is 2.30. The highest BCUT2D eigenvalue weighted by molar-refractivity contribution is 9.10. The third-order valence-corrected chi connectivity index (χ3v) is 2.04. The minimum absolute atomic E-state index is 0.329. The van der Waals surface area contributed by atoms with Gasteiger partial charge in [-0.1, -0.05) is 0 Å². The standard InChI is InChI=1S/C7H8BrNO2/c1-9-4-3-5(8)6(9)7(10)11-2/h3-4H,1-2H3. The monoisotopic (exact) mass is 217 g/mol. The van der Waals surface area contributed by atoms with Gasteiger partial charge in [-0.25, -0.2) is 4.79 Å². The first kappa shape index (κ1) is 8.33. The molecule has 1 rings (SSSR count). The number of esters is 1. The lowest BCUT2D eigenvalue weighted by atomic mass is 10.4. The molecule has 0 atom stereocenters. The third-order valence-electron chi connectivity index (χ3n) is 1.40. The summed E-state index contributed by atoms with van der Waals surface area (Å²) < 4.78 is 7.03. The molecule has 60 valence electrons. The Morgan fingerprint density at radius 3 is 2.73 bits per heavy atom. The first-order valence-electron chi connectivity index (χ1n) is 3.06. The molecule has 0 aliphatic heterocycles. The van der Waals surface area contributed by atoms with Gasteiger partial charge < -0.3 is 9.30 Å². The topological polar surface area (TPSA) is 31.2 Å². The molecule has 0 aromatic carbocycles. The molecule has 0 saturated heterocycles. The quantitative estimate of drug-likeness (QED) is 0.670. The lowest BCUT2D eigenvalue weighted by molar-refractivity contribution is 0.0589. The molecule has 4 heteroatoms. The minimum Gasteiger partial charge on any atom is -0.464 e. The van der Waals surface area contributed by atoms with E-state index in [1.54, 1.807) is 23.9 Å². The molecule has 1 aromatic heterocycles. The number of aryl methyl sites for hydroxylation is 1. The summed E-state index contributed by atoms with van der Waals surface area (Å²) in [6.07, 6.45) is 1.79. The van der Waals surface area contributed by atoms with Crippen LogP contribution in [-0.4, -0.2) is 17.6 Å². The van der Waals surface area contributed by atoms with Crippen molar-refractivity contribution >= 4 is 21.9 Å². The summed E-state index contributed by atoms with van der Waals surface area (Å²) in [6.45, 7) is 0. The zero-order valence-electron chi connectivity index (χ0n) is 6.30. The van der Waals surface area contributed by atoms with E-state index >= 15 is 0 Å². The molecule has 0 saturated carbocycles. The molecule has 1 aromatic rings. The highest BCUT2D eigenvalue weighted by atomic mass is 79.9. The van der Waals surface area contributed by atoms with Crippen LogP contribution in [0.2, 0.25) is 0 Å². The van der Waals surface area contributed by atoms with E-state index in [9.17, 15) is 4.79 Å². The molecule has 1 heterocycles. The van der Waals surface area contributed by atoms with E-state index in [1.807, 2.05) is 0 Å². The van der Waals surface area contributed by atoms with Crippen LogP contribution in [0, 0.1) is 0 Å². The number of hydrogen-bond donors (Lipinski definition) is 0. The Labute approximate surface area is 73.1 Å². The van der Waals surface area contributed by atoms with E-state index in [4.69, 9.17) is 0 Å². The summed E-state index contributed by atoms with van der Waals surface area (Å²) in [5.74, 6) is -0.329. The number of rotatable bonds is 1. The number of carbonyl (C=O) groups excluding carboxylic acids is 1. The van der Waals surface area contributed by atoms with E-state index in [2.05, 4.69) is 20.7 Å². The molecule has 11 heavy (non-hydrogen) atoms. The maximum atomic E-state index is 11.0. The van der Waals surface area contributed by atoms with Crippen molar-refractivity contribution in [1.29, 1.82) is 0 Å². The van der Waals surface area contributed by atoms with E-state index in [0.717, 1.165) is 4.47 Å². The van der Waals surface area contributed by atoms with Crippen LogP contribution >= 0.6 is 15.9 Å². The van der Waals surface area contributed by atoms with Gasteiger partial charge in [0.05, 0.1) is 11.6 Å². The number of ether oxygens (including phenoxy) is 1. The molecule has 0 spiro atoms. The van der Waals surface area contributed by atoms with Crippen molar-refractivity contribution in [3.05, 3.63) is 22.4 Å². The summed E-state index contributed by atoms with van der Waals surface area (Å²) >= 11 is 3.24. The Morgan fingerprint density at radius 2 is 2.36 bits per heavy atom. The number of methoxy groups -OCH3 is 1. The second-order valence-electron chi connectivity index (χ2n) is 2.11. The highest BCUT2D eigenvalue weighted by Gasteiger charge is 2.13. The number of nitrogens with zero attached hydrogens (tertiary/aromatic N) is 1. The van der Waals surface area contributed by atoms with E-state index in [1.165, 1.54) is 7.11 Å². The maximum absolute atomic E-state index is 11.0. The van der Waals surface area contributed by atoms with Crippen molar-refractivity contribution in [3.63, 3.8) is 0 Å². The fourth-order valence-electron chi connectivity index (χ4n) is 0.837. The Balaban J connectivity index is 3.10. The van der Waals surface area contributed by atoms with Crippen LogP contribution in [0.25, 0.3) is 0 Å². The zero-order valence-corrected chi connectivity index (χ0v) is 7.88. The van der Waals surface area contributed by atoms with Gasteiger partial charge in [0.2, 0.25) is 0 Å². The molecular weight excluding hydrogens is 210 g/mol. The largest absolute Gasteiger partial charge is 0.464 e. The van der Waals surface area contributed by atoms with Crippen LogP contribution in [0.1, 0.15) is 10.5 Å². The second-order valence-corrected chi connectivity index (χ2v) is 2.97. The molecule has 0 unspecified atom stereocenters. The smallest absolute Gasteiger partial charge is 0.355 e. The van der Waals surface area contributed by atoms with Gasteiger partial charge in [-0.3, -0.25) is 0 Å². The SMILES string of the molecule is COC(=O)c1c(Br)ccn1C. The predicted octanol–water partition coefficient (Wildman–Crippen LogP) is 1.57. The number of aromatic nitrogens is 1. The summed E-state index contributed by atoms with van der Waals surface area (Å²) in [6, 6.07) is 1.80. The van der Waals surface area contributed by atoms with Crippen molar-refractivity contribution in [1.82, 2.24) is 4.57 Å². The molecule has 3 nitrogen and oxygen atoms in total. The van der Waals surface area contributed by atoms with Gasteiger partial charge in [0, 0.05) is 13.2 Å². The van der Waals surface area contributed by atoms with Gasteiger partial charge in [-0.15, -0.1) is 0 Å². The van der Waals surface area contributed by atoms with Crippen LogP contribution < -0.4 is 0 Å². The number of halogens is 1. The van der Waals surface area contributed by atoms with Crippen molar-refractivity contribution in [2.75, 3.05) is 7.11 Å². The van der Waals surface area contributed by atoms with Crippen molar-refractivity contribution < 1.29 is 9.53 Å². The molecule has 0 amide bonds.